The third kappa shape index (κ3) is 5.46. The minimum absolute atomic E-state index is 0.223. The van der Waals surface area contributed by atoms with Crippen LogP contribution in [0.25, 0.3) is 0 Å². The molecule has 3 unspecified atom stereocenters. The van der Waals surface area contributed by atoms with Gasteiger partial charge in [0.15, 0.2) is 6.61 Å². The Morgan fingerprint density at radius 1 is 0.930 bits per heavy atom. The zero-order valence-corrected chi connectivity index (χ0v) is 24.4. The predicted octanol–water partition coefficient (Wildman–Crippen LogP) is 4.43. The number of thiazole rings is 1. The normalized spacial score (nSPS) is 19.0. The van der Waals surface area contributed by atoms with Gasteiger partial charge in [-0.25, -0.2) is 9.69 Å². The lowest BCUT2D eigenvalue weighted by atomic mass is 9.82. The number of rotatable bonds is 8. The number of carbonyl (C=O) groups excluding carboxylic acids is 4. The first-order valence-corrected chi connectivity index (χ1v) is 15.2. The van der Waals surface area contributed by atoms with Crippen LogP contribution in [0.15, 0.2) is 88.7 Å². The van der Waals surface area contributed by atoms with E-state index in [1.165, 1.54) is 12.1 Å². The van der Waals surface area contributed by atoms with Gasteiger partial charge in [0.25, 0.3) is 5.91 Å². The third-order valence-corrected chi connectivity index (χ3v) is 9.53. The molecule has 2 aliphatic heterocycles. The number of imide groups is 1. The van der Waals surface area contributed by atoms with E-state index in [9.17, 15) is 24.0 Å². The van der Waals surface area contributed by atoms with Gasteiger partial charge in [0.1, 0.15) is 11.0 Å². The molecule has 12 heteroatoms. The molecule has 1 saturated heterocycles. The highest BCUT2D eigenvalue weighted by atomic mass is 32.2. The molecular formula is C31H25N3O7S2. The molecule has 1 fully saturated rings. The number of anilines is 2. The van der Waals surface area contributed by atoms with E-state index in [-0.39, 0.29) is 24.0 Å². The Morgan fingerprint density at radius 2 is 1.65 bits per heavy atom. The van der Waals surface area contributed by atoms with Gasteiger partial charge in [-0.2, -0.15) is 0 Å². The average Bonchev–Trinajstić information content (AvgIpc) is 3.51. The van der Waals surface area contributed by atoms with Gasteiger partial charge in [-0.15, -0.1) is 0 Å². The summed E-state index contributed by atoms with van der Waals surface area (Å²) in [5.74, 6) is -2.88. The van der Waals surface area contributed by atoms with Crippen LogP contribution in [0.4, 0.5) is 11.4 Å². The number of nitrogens with zero attached hydrogens (tertiary/aromatic N) is 1. The zero-order valence-electron chi connectivity index (χ0n) is 22.8. The van der Waals surface area contributed by atoms with Gasteiger partial charge in [0, 0.05) is 22.0 Å². The molecule has 3 heterocycles. The van der Waals surface area contributed by atoms with Crippen molar-refractivity contribution < 1.29 is 28.7 Å². The van der Waals surface area contributed by atoms with Crippen molar-refractivity contribution in [1.82, 2.24) is 4.98 Å². The Labute approximate surface area is 254 Å². The molecule has 0 radical (unpaired) electrons. The number of nitrogens with one attached hydrogen (secondary N) is 2. The van der Waals surface area contributed by atoms with Crippen molar-refractivity contribution in [3.63, 3.8) is 0 Å². The van der Waals surface area contributed by atoms with Crippen molar-refractivity contribution in [3.8, 4) is 5.75 Å². The number of H-pyrrole nitrogens is 1. The molecule has 0 aliphatic carbocycles. The van der Waals surface area contributed by atoms with Crippen LogP contribution in [-0.2, 0) is 19.1 Å². The number of para-hydroxylation sites is 2. The van der Waals surface area contributed by atoms with Crippen molar-refractivity contribution in [1.29, 1.82) is 0 Å². The van der Waals surface area contributed by atoms with Gasteiger partial charge in [0.05, 0.1) is 28.8 Å². The molecule has 2 aliphatic rings. The first-order valence-electron chi connectivity index (χ1n) is 13.5. The maximum Gasteiger partial charge on any atom is 0.338 e. The number of aromatic amines is 1. The molecule has 10 nitrogen and oxygen atoms in total. The summed E-state index contributed by atoms with van der Waals surface area (Å²) in [5.41, 5.74) is 1.85. The molecule has 0 spiro atoms. The van der Waals surface area contributed by atoms with E-state index in [1.807, 2.05) is 6.07 Å². The summed E-state index contributed by atoms with van der Waals surface area (Å²) in [7, 11) is 0. The fourth-order valence-corrected chi connectivity index (χ4v) is 7.80. The molecule has 3 amide bonds. The summed E-state index contributed by atoms with van der Waals surface area (Å²) >= 11 is 2.15. The topological polar surface area (TPSA) is 135 Å². The number of carbonyl (C=O) groups is 4. The Balaban J connectivity index is 1.32. The summed E-state index contributed by atoms with van der Waals surface area (Å²) in [5, 5.41) is 2.49. The summed E-state index contributed by atoms with van der Waals surface area (Å²) in [4.78, 5) is 69.3. The molecule has 0 bridgehead atoms. The van der Waals surface area contributed by atoms with Crippen LogP contribution in [0.3, 0.4) is 0 Å². The van der Waals surface area contributed by atoms with Gasteiger partial charge < -0.3 is 19.8 Å². The van der Waals surface area contributed by atoms with Crippen molar-refractivity contribution in [2.24, 2.45) is 5.92 Å². The van der Waals surface area contributed by atoms with Crippen LogP contribution in [0.1, 0.15) is 33.6 Å². The Bertz CT molecular complexity index is 1770. The lowest BCUT2D eigenvalue weighted by Gasteiger charge is -2.30. The van der Waals surface area contributed by atoms with Crippen LogP contribution in [0.5, 0.6) is 5.75 Å². The maximum absolute atomic E-state index is 14.1. The molecule has 3 aromatic carbocycles. The molecule has 3 atom stereocenters. The van der Waals surface area contributed by atoms with Crippen LogP contribution in [-0.4, -0.2) is 47.1 Å². The number of hydrogen-bond donors (Lipinski definition) is 2. The molecular weight excluding hydrogens is 590 g/mol. The monoisotopic (exact) mass is 615 g/mol. The second kappa shape index (κ2) is 11.9. The van der Waals surface area contributed by atoms with Gasteiger partial charge >= 0.3 is 10.8 Å². The first-order chi connectivity index (χ1) is 20.9. The van der Waals surface area contributed by atoms with E-state index >= 15 is 0 Å². The molecule has 2 N–H and O–H groups in total. The number of aromatic nitrogens is 1. The molecule has 4 aromatic rings. The van der Waals surface area contributed by atoms with Gasteiger partial charge in [-0.05, 0) is 49.4 Å². The van der Waals surface area contributed by atoms with Crippen molar-refractivity contribution in [3.05, 3.63) is 105 Å². The van der Waals surface area contributed by atoms with E-state index in [0.717, 1.165) is 28.0 Å². The molecule has 6 rings (SSSR count). The van der Waals surface area contributed by atoms with E-state index < -0.39 is 34.9 Å². The summed E-state index contributed by atoms with van der Waals surface area (Å²) in [6.45, 7) is 1.64. The standard InChI is InChI=1S/C31H25N3O7S2/c1-2-40-30(38)17-12-14-19(15-13-17)34-28(36)24-23(25-27(33-31(39)43-25)42-26(24)29(34)37)20-10-6-7-11-21(20)41-16-22(35)32-18-8-4-3-5-9-18/h3-15,23-24,26H,2,16H2,1H3,(H,32,35)(H,33,39). The lowest BCUT2D eigenvalue weighted by molar-refractivity contribution is -0.122. The quantitative estimate of drug-likeness (QED) is 0.220. The number of benzene rings is 3. The van der Waals surface area contributed by atoms with E-state index in [4.69, 9.17) is 9.47 Å². The van der Waals surface area contributed by atoms with Gasteiger partial charge in [-0.3, -0.25) is 19.2 Å². The van der Waals surface area contributed by atoms with Crippen molar-refractivity contribution >= 4 is 58.2 Å². The fraction of sp³-hybridized carbons (Fsp3) is 0.194. The smallest absolute Gasteiger partial charge is 0.338 e. The minimum Gasteiger partial charge on any atom is -0.483 e. The predicted molar refractivity (Wildman–Crippen MR) is 162 cm³/mol. The number of hydrogen-bond acceptors (Lipinski definition) is 9. The van der Waals surface area contributed by atoms with Crippen molar-refractivity contribution in [2.75, 3.05) is 23.4 Å². The van der Waals surface area contributed by atoms with Crippen LogP contribution >= 0.6 is 23.1 Å². The SMILES string of the molecule is CCOC(=O)c1ccc(N2C(=O)C3Sc4[nH]c(=O)sc4C(c4ccccc4OCC(=O)Nc4ccccc4)C3C2=O)cc1. The van der Waals surface area contributed by atoms with Crippen LogP contribution in [0, 0.1) is 5.92 Å². The highest BCUT2D eigenvalue weighted by molar-refractivity contribution is 8.00. The van der Waals surface area contributed by atoms with Crippen molar-refractivity contribution in [2.45, 2.75) is 23.1 Å². The Kier molecular flexibility index (Phi) is 7.87. The molecule has 1 aromatic heterocycles. The zero-order chi connectivity index (χ0) is 30.1. The molecule has 43 heavy (non-hydrogen) atoms. The van der Waals surface area contributed by atoms with E-state index in [1.54, 1.807) is 67.6 Å². The number of fused-ring (bicyclic) bond motifs is 2. The fourth-order valence-electron chi connectivity index (χ4n) is 5.30. The maximum atomic E-state index is 14.1. The molecule has 0 saturated carbocycles. The summed E-state index contributed by atoms with van der Waals surface area (Å²) in [6.07, 6.45) is 0. The van der Waals surface area contributed by atoms with E-state index in [2.05, 4.69) is 10.3 Å². The van der Waals surface area contributed by atoms with E-state index in [0.29, 0.717) is 38.2 Å². The second-order valence-corrected chi connectivity index (χ2v) is 11.9. The second-order valence-electron chi connectivity index (χ2n) is 9.77. The van der Waals surface area contributed by atoms with Crippen LogP contribution in [0.2, 0.25) is 0 Å². The Hall–Kier alpha value is -4.68. The number of esters is 1. The minimum atomic E-state index is -0.843. The first kappa shape index (κ1) is 28.4. The highest BCUT2D eigenvalue weighted by Crippen LogP contribution is 2.54. The number of thioether (sulfide) groups is 1. The average molecular weight is 616 g/mol. The van der Waals surface area contributed by atoms with Crippen LogP contribution < -0.4 is 19.8 Å². The number of amides is 3. The number of ether oxygens (including phenoxy) is 2. The summed E-state index contributed by atoms with van der Waals surface area (Å²) in [6, 6.07) is 22.1. The Morgan fingerprint density at radius 3 is 2.40 bits per heavy atom. The van der Waals surface area contributed by atoms with Gasteiger partial charge in [-0.1, -0.05) is 59.5 Å². The molecule has 218 valence electrons. The summed E-state index contributed by atoms with van der Waals surface area (Å²) < 4.78 is 11.0. The van der Waals surface area contributed by atoms with Gasteiger partial charge in [0.2, 0.25) is 11.8 Å². The lowest BCUT2D eigenvalue weighted by Crippen LogP contribution is -2.32. The third-order valence-electron chi connectivity index (χ3n) is 7.13. The highest BCUT2D eigenvalue weighted by Gasteiger charge is 2.56. The largest absolute Gasteiger partial charge is 0.483 e.